The van der Waals surface area contributed by atoms with Gasteiger partial charge in [0.25, 0.3) is 5.91 Å². The number of rotatable bonds is 9. The van der Waals surface area contributed by atoms with Crippen molar-refractivity contribution < 1.29 is 28.8 Å². The summed E-state index contributed by atoms with van der Waals surface area (Å²) in [6.07, 6.45) is -0.852. The number of primary amides is 2. The van der Waals surface area contributed by atoms with Gasteiger partial charge in [0.2, 0.25) is 11.8 Å². The van der Waals surface area contributed by atoms with Crippen LogP contribution in [0.3, 0.4) is 0 Å². The Morgan fingerprint density at radius 2 is 1.74 bits per heavy atom. The maximum Gasteiger partial charge on any atom is 0.345 e. The third-order valence-electron chi connectivity index (χ3n) is 6.46. The van der Waals surface area contributed by atoms with Crippen molar-refractivity contribution in [3.8, 4) is 0 Å². The minimum atomic E-state index is -1.64. The molecule has 190 valence electrons. The lowest BCUT2D eigenvalue weighted by Crippen LogP contribution is -2.72. The monoisotopic (exact) mass is 498 g/mol. The number of nitrogens with one attached hydrogen (secondary N) is 1. The van der Waals surface area contributed by atoms with E-state index >= 15 is 0 Å². The molecule has 1 aromatic rings. The summed E-state index contributed by atoms with van der Waals surface area (Å²) in [4.78, 5) is 49.9. The average Bonchev–Trinajstić information content (AvgIpc) is 3.19. The first-order chi connectivity index (χ1) is 15.3. The topological polar surface area (TPSA) is 179 Å². The second kappa shape index (κ2) is 11.7. The van der Waals surface area contributed by atoms with E-state index in [4.69, 9.17) is 17.2 Å². The predicted octanol–water partition coefficient (Wildman–Crippen LogP) is -0.511. The molecule has 4 amide bonds. The van der Waals surface area contributed by atoms with Gasteiger partial charge in [-0.3, -0.25) is 14.4 Å². The number of likely N-dealkylation sites (tertiary alicyclic amines) is 1. The van der Waals surface area contributed by atoms with E-state index in [-0.39, 0.29) is 29.7 Å². The minimum Gasteiger partial charge on any atom is -0.378 e. The highest BCUT2D eigenvalue weighted by Crippen LogP contribution is 2.38. The number of halogens is 1. The van der Waals surface area contributed by atoms with E-state index in [9.17, 15) is 24.3 Å². The van der Waals surface area contributed by atoms with Crippen LogP contribution >= 0.6 is 12.4 Å². The van der Waals surface area contributed by atoms with Crippen LogP contribution in [0.25, 0.3) is 0 Å². The van der Waals surface area contributed by atoms with Crippen LogP contribution in [0.1, 0.15) is 45.6 Å². The van der Waals surface area contributed by atoms with Crippen LogP contribution in [-0.4, -0.2) is 69.5 Å². The third-order valence-corrected chi connectivity index (χ3v) is 6.46. The fourth-order valence-electron chi connectivity index (χ4n) is 4.78. The molecule has 0 spiro atoms. The molecule has 8 N–H and O–H groups in total. The lowest BCUT2D eigenvalue weighted by molar-refractivity contribution is -0.904. The smallest absolute Gasteiger partial charge is 0.345 e. The van der Waals surface area contributed by atoms with Gasteiger partial charge in [0.15, 0.2) is 12.1 Å². The molecule has 0 saturated carbocycles. The number of nitrogens with two attached hydrogens (primary N) is 3. The van der Waals surface area contributed by atoms with E-state index < -0.39 is 53.4 Å². The Bertz CT molecular complexity index is 891. The zero-order valence-corrected chi connectivity index (χ0v) is 20.7. The second-order valence-electron chi connectivity index (χ2n) is 9.69. The largest absolute Gasteiger partial charge is 0.378 e. The molecule has 1 aromatic carbocycles. The molecule has 11 heteroatoms. The summed E-state index contributed by atoms with van der Waals surface area (Å²) in [5.41, 5.74) is 16.6. The number of aliphatic hydroxyl groups is 1. The molecule has 1 unspecified atom stereocenters. The molecular formula is C23H37ClN5O5+. The third kappa shape index (κ3) is 6.32. The highest BCUT2D eigenvalue weighted by Gasteiger charge is 2.60. The summed E-state index contributed by atoms with van der Waals surface area (Å²) in [6.45, 7) is 5.82. The fraction of sp³-hybridized carbons (Fsp3) is 0.565. The van der Waals surface area contributed by atoms with Gasteiger partial charge in [-0.15, -0.1) is 12.4 Å². The zero-order chi connectivity index (χ0) is 25.0. The van der Waals surface area contributed by atoms with Crippen LogP contribution in [0, 0.1) is 0 Å². The summed E-state index contributed by atoms with van der Waals surface area (Å²) in [7, 11) is 0. The SMILES string of the molecule is CC(C)(C)[N+]1(C(=O)[C@@H](O)[C@H](Cc2ccccc2)NC(=O)[C@@H](N)CC(N)=O)CCC[C@H]1C(N)=O.Cl. The molecule has 1 saturated heterocycles. The van der Waals surface area contributed by atoms with Gasteiger partial charge < -0.3 is 27.6 Å². The Morgan fingerprint density at radius 1 is 1.15 bits per heavy atom. The first-order valence-corrected chi connectivity index (χ1v) is 11.1. The normalized spacial score (nSPS) is 22.7. The van der Waals surface area contributed by atoms with E-state index in [2.05, 4.69) is 5.32 Å². The Hall–Kier alpha value is -2.53. The van der Waals surface area contributed by atoms with E-state index in [1.165, 1.54) is 0 Å². The highest BCUT2D eigenvalue weighted by atomic mass is 35.5. The van der Waals surface area contributed by atoms with Crippen molar-refractivity contribution in [1.82, 2.24) is 5.32 Å². The van der Waals surface area contributed by atoms with Crippen LogP contribution in [0.2, 0.25) is 0 Å². The van der Waals surface area contributed by atoms with Gasteiger partial charge >= 0.3 is 5.91 Å². The maximum atomic E-state index is 13.8. The van der Waals surface area contributed by atoms with Gasteiger partial charge in [-0.2, -0.15) is 0 Å². The first-order valence-electron chi connectivity index (χ1n) is 11.1. The fourth-order valence-corrected chi connectivity index (χ4v) is 4.78. The standard InChI is InChI=1S/C23H35N5O5.ClH/c1-23(2,3)28(11-7-10-17(28)20(26)31)22(33)19(30)16(12-14-8-5-4-6-9-14)27-21(32)15(24)13-18(25)29;/h4-6,8-9,15-17,19,30H,7,10-13,24H2,1-3H3,(H4-,25,26,27,29,31,32);1H/p+1/t15-,16-,17-,19-,28?;/m0./s1. The van der Waals surface area contributed by atoms with Crippen LogP contribution in [0.15, 0.2) is 30.3 Å². The van der Waals surface area contributed by atoms with Gasteiger partial charge in [0.1, 0.15) is 0 Å². The summed E-state index contributed by atoms with van der Waals surface area (Å²) in [5.74, 6) is -2.65. The quantitative estimate of drug-likeness (QED) is 0.286. The van der Waals surface area contributed by atoms with E-state index in [0.717, 1.165) is 5.56 Å². The Morgan fingerprint density at radius 3 is 2.24 bits per heavy atom. The van der Waals surface area contributed by atoms with Crippen molar-refractivity contribution >= 4 is 36.0 Å². The molecule has 5 atom stereocenters. The molecule has 0 radical (unpaired) electrons. The van der Waals surface area contributed by atoms with Crippen molar-refractivity contribution in [2.45, 2.75) is 76.2 Å². The number of amides is 4. The predicted molar refractivity (Wildman–Crippen MR) is 129 cm³/mol. The summed E-state index contributed by atoms with van der Waals surface area (Å²) < 4.78 is -0.308. The van der Waals surface area contributed by atoms with E-state index in [1.807, 2.05) is 26.8 Å². The van der Waals surface area contributed by atoms with Crippen molar-refractivity contribution in [2.24, 2.45) is 17.2 Å². The Kier molecular flexibility index (Phi) is 10.2. The Labute approximate surface area is 206 Å². The number of carbonyl (C=O) groups excluding carboxylic acids is 4. The molecule has 0 aromatic heterocycles. The van der Waals surface area contributed by atoms with Gasteiger partial charge in [0, 0.05) is 12.8 Å². The molecular weight excluding hydrogens is 462 g/mol. The first kappa shape index (κ1) is 29.5. The molecule has 0 bridgehead atoms. The van der Waals surface area contributed by atoms with Crippen molar-refractivity contribution in [2.75, 3.05) is 6.54 Å². The zero-order valence-electron chi connectivity index (χ0n) is 19.9. The lowest BCUT2D eigenvalue weighted by Gasteiger charge is -2.47. The van der Waals surface area contributed by atoms with Crippen LogP contribution in [0.4, 0.5) is 0 Å². The second-order valence-corrected chi connectivity index (χ2v) is 9.69. The number of hydrogen-bond donors (Lipinski definition) is 5. The van der Waals surface area contributed by atoms with Gasteiger partial charge in [-0.25, -0.2) is 9.28 Å². The van der Waals surface area contributed by atoms with E-state index in [0.29, 0.717) is 19.4 Å². The van der Waals surface area contributed by atoms with Gasteiger partial charge in [-0.1, -0.05) is 30.3 Å². The maximum absolute atomic E-state index is 13.8. The number of carbonyl (C=O) groups is 4. The molecule has 2 rings (SSSR count). The summed E-state index contributed by atoms with van der Waals surface area (Å²) in [5, 5.41) is 13.9. The summed E-state index contributed by atoms with van der Waals surface area (Å²) >= 11 is 0. The molecule has 34 heavy (non-hydrogen) atoms. The minimum absolute atomic E-state index is 0. The molecule has 1 fully saturated rings. The number of quaternary nitrogens is 1. The molecule has 1 aliphatic rings. The van der Waals surface area contributed by atoms with Crippen LogP contribution in [0.5, 0.6) is 0 Å². The van der Waals surface area contributed by atoms with Crippen LogP contribution in [-0.2, 0) is 25.6 Å². The number of aliphatic hydroxyl groups excluding tert-OH is 1. The molecule has 10 nitrogen and oxygen atoms in total. The van der Waals surface area contributed by atoms with Crippen LogP contribution < -0.4 is 22.5 Å². The van der Waals surface area contributed by atoms with Gasteiger partial charge in [0.05, 0.1) is 30.6 Å². The number of nitrogens with zero attached hydrogens (tertiary/aromatic N) is 1. The number of benzene rings is 1. The van der Waals surface area contributed by atoms with Crippen molar-refractivity contribution in [1.29, 1.82) is 0 Å². The Balaban J connectivity index is 0.00000578. The molecule has 0 aliphatic carbocycles. The highest BCUT2D eigenvalue weighted by molar-refractivity contribution is 5.89. The molecule has 1 aliphatic heterocycles. The van der Waals surface area contributed by atoms with E-state index in [1.54, 1.807) is 24.3 Å². The summed E-state index contributed by atoms with van der Waals surface area (Å²) in [6, 6.07) is 5.98. The van der Waals surface area contributed by atoms with Gasteiger partial charge in [-0.05, 0) is 32.8 Å². The van der Waals surface area contributed by atoms with Crippen molar-refractivity contribution in [3.05, 3.63) is 35.9 Å². The lowest BCUT2D eigenvalue weighted by atomic mass is 9.93. The van der Waals surface area contributed by atoms with Crippen molar-refractivity contribution in [3.63, 3.8) is 0 Å². The number of hydrogen-bond acceptors (Lipinski definition) is 6. The molecule has 1 heterocycles. The average molecular weight is 499 g/mol.